The van der Waals surface area contributed by atoms with E-state index in [1.165, 1.54) is 0 Å². The summed E-state index contributed by atoms with van der Waals surface area (Å²) >= 11 is 0. The van der Waals surface area contributed by atoms with Crippen LogP contribution in [0.25, 0.3) is 71.3 Å². The van der Waals surface area contributed by atoms with Gasteiger partial charge in [-0.25, -0.2) is 0 Å². The zero-order valence-corrected chi connectivity index (χ0v) is 26.4. The standard InChI is InChI=1S/C44H28N4O/c1-3-11-33(12-4-1)47(36-22-24-39-38-16-7-8-17-41(38)49-42(39)28-36)35-15-9-10-30(27-35)31-20-23-37-32(26-31)19-18-29-21-25-40-44(43(29)37)46-48(45-40)34-13-5-2-6-14-34/h1-28H. The molecule has 0 fully saturated rings. The van der Waals surface area contributed by atoms with Crippen molar-refractivity contribution in [3.05, 3.63) is 170 Å². The zero-order chi connectivity index (χ0) is 32.3. The number of hydrogen-bond donors (Lipinski definition) is 0. The first-order valence-corrected chi connectivity index (χ1v) is 16.4. The van der Waals surface area contributed by atoms with E-state index in [0.717, 1.165) is 88.4 Å². The Bertz CT molecular complexity index is 2840. The van der Waals surface area contributed by atoms with Crippen molar-refractivity contribution in [2.75, 3.05) is 4.90 Å². The van der Waals surface area contributed by atoms with E-state index in [1.54, 1.807) is 4.80 Å². The highest BCUT2D eigenvalue weighted by Gasteiger charge is 2.17. The average molecular weight is 629 g/mol. The van der Waals surface area contributed by atoms with Crippen molar-refractivity contribution in [3.63, 3.8) is 0 Å². The quantitative estimate of drug-likeness (QED) is 0.178. The minimum atomic E-state index is 0.871. The van der Waals surface area contributed by atoms with Crippen molar-refractivity contribution < 1.29 is 4.42 Å². The highest BCUT2D eigenvalue weighted by atomic mass is 16.3. The molecule has 230 valence electrons. The molecule has 0 spiro atoms. The number of aromatic nitrogens is 3. The van der Waals surface area contributed by atoms with Gasteiger partial charge in [-0.3, -0.25) is 0 Å². The molecule has 0 N–H and O–H groups in total. The molecule has 49 heavy (non-hydrogen) atoms. The Hall–Kier alpha value is -6.72. The van der Waals surface area contributed by atoms with E-state index in [2.05, 4.69) is 132 Å². The molecule has 0 aliphatic carbocycles. The van der Waals surface area contributed by atoms with Gasteiger partial charge in [0.15, 0.2) is 0 Å². The predicted octanol–water partition coefficient (Wildman–Crippen LogP) is 11.8. The fraction of sp³-hybridized carbons (Fsp3) is 0. The molecule has 0 saturated carbocycles. The third kappa shape index (κ3) is 4.55. The average Bonchev–Trinajstić information content (AvgIpc) is 3.77. The summed E-state index contributed by atoms with van der Waals surface area (Å²) < 4.78 is 6.29. The topological polar surface area (TPSA) is 47.1 Å². The maximum absolute atomic E-state index is 6.29. The molecule has 0 amide bonds. The van der Waals surface area contributed by atoms with Gasteiger partial charge in [0.2, 0.25) is 0 Å². The maximum Gasteiger partial charge on any atom is 0.137 e. The fourth-order valence-corrected chi connectivity index (χ4v) is 7.09. The van der Waals surface area contributed by atoms with Gasteiger partial charge in [0, 0.05) is 39.3 Å². The Morgan fingerprint density at radius 3 is 2.04 bits per heavy atom. The summed E-state index contributed by atoms with van der Waals surface area (Å²) in [5, 5.41) is 16.6. The Morgan fingerprint density at radius 1 is 0.449 bits per heavy atom. The van der Waals surface area contributed by atoms with E-state index in [9.17, 15) is 0 Å². The Balaban J connectivity index is 1.09. The van der Waals surface area contributed by atoms with Crippen LogP contribution in [-0.2, 0) is 0 Å². The zero-order valence-electron chi connectivity index (χ0n) is 26.4. The minimum absolute atomic E-state index is 0.871. The molecule has 0 aliphatic rings. The van der Waals surface area contributed by atoms with Crippen LogP contribution in [0.2, 0.25) is 0 Å². The number of hydrogen-bond acceptors (Lipinski definition) is 4. The fourth-order valence-electron chi connectivity index (χ4n) is 7.09. The summed E-state index contributed by atoms with van der Waals surface area (Å²) in [6.45, 7) is 0. The summed E-state index contributed by atoms with van der Waals surface area (Å²) in [6, 6.07) is 59.3. The van der Waals surface area contributed by atoms with Crippen LogP contribution < -0.4 is 4.90 Å². The van der Waals surface area contributed by atoms with Crippen LogP contribution in [0.1, 0.15) is 0 Å². The van der Waals surface area contributed by atoms with E-state index in [1.807, 2.05) is 42.5 Å². The molecule has 0 radical (unpaired) electrons. The summed E-state index contributed by atoms with van der Waals surface area (Å²) in [6.07, 6.45) is 0. The van der Waals surface area contributed by atoms with Crippen LogP contribution in [0.15, 0.2) is 174 Å². The van der Waals surface area contributed by atoms with Gasteiger partial charge in [-0.15, -0.1) is 10.2 Å². The van der Waals surface area contributed by atoms with Crippen LogP contribution in [-0.4, -0.2) is 15.0 Å². The number of rotatable bonds is 5. The normalized spacial score (nSPS) is 11.7. The van der Waals surface area contributed by atoms with Crippen molar-refractivity contribution in [2.24, 2.45) is 0 Å². The number of anilines is 3. The van der Waals surface area contributed by atoms with E-state index in [4.69, 9.17) is 14.6 Å². The van der Waals surface area contributed by atoms with Crippen molar-refractivity contribution >= 4 is 71.6 Å². The number of para-hydroxylation sites is 3. The highest BCUT2D eigenvalue weighted by Crippen LogP contribution is 2.40. The van der Waals surface area contributed by atoms with Crippen molar-refractivity contribution in [2.45, 2.75) is 0 Å². The molecule has 0 atom stereocenters. The second kappa shape index (κ2) is 10.9. The Kier molecular flexibility index (Phi) is 6.11. The molecule has 8 aromatic carbocycles. The number of nitrogens with zero attached hydrogens (tertiary/aromatic N) is 4. The first-order chi connectivity index (χ1) is 24.3. The van der Waals surface area contributed by atoms with Crippen LogP contribution in [0, 0.1) is 0 Å². The summed E-state index contributed by atoms with van der Waals surface area (Å²) in [5.74, 6) is 0. The van der Waals surface area contributed by atoms with Crippen LogP contribution >= 0.6 is 0 Å². The molecule has 2 heterocycles. The first-order valence-electron chi connectivity index (χ1n) is 16.4. The molecule has 2 aromatic heterocycles. The lowest BCUT2D eigenvalue weighted by Crippen LogP contribution is -2.09. The van der Waals surface area contributed by atoms with Gasteiger partial charge in [-0.1, -0.05) is 97.1 Å². The van der Waals surface area contributed by atoms with Gasteiger partial charge in [-0.2, -0.15) is 4.80 Å². The van der Waals surface area contributed by atoms with Crippen LogP contribution in [0.3, 0.4) is 0 Å². The summed E-state index contributed by atoms with van der Waals surface area (Å²) in [5.41, 5.74) is 9.95. The molecule has 0 unspecified atom stereocenters. The van der Waals surface area contributed by atoms with Gasteiger partial charge < -0.3 is 9.32 Å². The van der Waals surface area contributed by atoms with Gasteiger partial charge in [-0.05, 0) is 94.0 Å². The van der Waals surface area contributed by atoms with E-state index >= 15 is 0 Å². The molecular formula is C44H28N4O. The monoisotopic (exact) mass is 628 g/mol. The largest absolute Gasteiger partial charge is 0.456 e. The van der Waals surface area contributed by atoms with E-state index in [0.29, 0.717) is 0 Å². The third-order valence-electron chi connectivity index (χ3n) is 9.41. The van der Waals surface area contributed by atoms with Crippen LogP contribution in [0.5, 0.6) is 0 Å². The van der Waals surface area contributed by atoms with Crippen molar-refractivity contribution in [1.82, 2.24) is 15.0 Å². The van der Waals surface area contributed by atoms with Crippen molar-refractivity contribution in [1.29, 1.82) is 0 Å². The second-order valence-corrected chi connectivity index (χ2v) is 12.4. The highest BCUT2D eigenvalue weighted by molar-refractivity contribution is 6.18. The second-order valence-electron chi connectivity index (χ2n) is 12.4. The molecule has 5 nitrogen and oxygen atoms in total. The molecule has 0 saturated heterocycles. The summed E-state index contributed by atoms with van der Waals surface area (Å²) in [4.78, 5) is 4.02. The van der Waals surface area contributed by atoms with Crippen LogP contribution in [0.4, 0.5) is 17.1 Å². The SMILES string of the molecule is c1ccc(N(c2cccc(-c3ccc4c(ccc5ccc6nn(-c7ccccc7)nc6c54)c3)c2)c2ccc3c(c2)oc2ccccc23)cc1. The van der Waals surface area contributed by atoms with E-state index < -0.39 is 0 Å². The number of fused-ring (bicyclic) bond motifs is 8. The van der Waals surface area contributed by atoms with E-state index in [-0.39, 0.29) is 0 Å². The van der Waals surface area contributed by atoms with Gasteiger partial charge in [0.1, 0.15) is 22.2 Å². The molecule has 0 bridgehead atoms. The third-order valence-corrected chi connectivity index (χ3v) is 9.41. The molecular weight excluding hydrogens is 601 g/mol. The molecule has 10 aromatic rings. The smallest absolute Gasteiger partial charge is 0.137 e. The van der Waals surface area contributed by atoms with Gasteiger partial charge in [0.25, 0.3) is 0 Å². The number of furan rings is 1. The Labute approximate surface area is 281 Å². The maximum atomic E-state index is 6.29. The molecule has 0 aliphatic heterocycles. The lowest BCUT2D eigenvalue weighted by Gasteiger charge is -2.26. The van der Waals surface area contributed by atoms with Gasteiger partial charge >= 0.3 is 0 Å². The lowest BCUT2D eigenvalue weighted by molar-refractivity contribution is 0.669. The first kappa shape index (κ1) is 27.4. The predicted molar refractivity (Wildman–Crippen MR) is 201 cm³/mol. The minimum Gasteiger partial charge on any atom is -0.456 e. The molecule has 10 rings (SSSR count). The number of benzene rings is 8. The molecule has 5 heteroatoms. The lowest BCUT2D eigenvalue weighted by atomic mass is 9.96. The van der Waals surface area contributed by atoms with Gasteiger partial charge in [0.05, 0.1) is 5.69 Å². The summed E-state index contributed by atoms with van der Waals surface area (Å²) in [7, 11) is 0. The van der Waals surface area contributed by atoms with Crippen molar-refractivity contribution in [3.8, 4) is 16.8 Å². The Morgan fingerprint density at radius 2 is 1.14 bits per heavy atom.